The first-order chi connectivity index (χ1) is 12.0. The molecule has 2 N–H and O–H groups in total. The van der Waals surface area contributed by atoms with Crippen LogP contribution in [0.5, 0.6) is 5.75 Å². The van der Waals surface area contributed by atoms with E-state index < -0.39 is 5.41 Å². The van der Waals surface area contributed by atoms with E-state index >= 15 is 0 Å². The topological polar surface area (TPSA) is 93.0 Å². The third kappa shape index (κ3) is 5.02. The Morgan fingerprint density at radius 3 is 2.56 bits per heavy atom. The molecule has 1 heterocycles. The molecule has 0 aliphatic carbocycles. The Kier molecular flexibility index (Phi) is 6.08. The molecule has 132 valence electrons. The molecule has 1 aromatic heterocycles. The number of hydrogen-bond acceptors (Lipinski definition) is 7. The van der Waals surface area contributed by atoms with Gasteiger partial charge in [-0.1, -0.05) is 0 Å². The highest BCUT2D eigenvalue weighted by Crippen LogP contribution is 2.23. The molecule has 0 aliphatic heterocycles. The molecule has 25 heavy (non-hydrogen) atoms. The number of esters is 1. The van der Waals surface area contributed by atoms with Gasteiger partial charge in [0.1, 0.15) is 12.4 Å². The summed E-state index contributed by atoms with van der Waals surface area (Å²) in [7, 11) is 1.36. The molecule has 0 saturated carbocycles. The van der Waals surface area contributed by atoms with Crippen LogP contribution < -0.4 is 10.3 Å². The monoisotopic (exact) mass is 343 g/mol. The molecule has 0 aliphatic rings. The van der Waals surface area contributed by atoms with Crippen LogP contribution in [0.2, 0.25) is 0 Å². The zero-order valence-electron chi connectivity index (χ0n) is 14.4. The van der Waals surface area contributed by atoms with Gasteiger partial charge < -0.3 is 9.47 Å². The second-order valence-corrected chi connectivity index (χ2v) is 6.02. The maximum Gasteiger partial charge on any atom is 0.314 e. The molecule has 2 rings (SSSR count). The number of hydrogen-bond donors (Lipinski definition) is 2. The maximum atomic E-state index is 11.6. The summed E-state index contributed by atoms with van der Waals surface area (Å²) in [6.07, 6.45) is 3.11. The third-order valence-corrected chi connectivity index (χ3v) is 3.55. The molecule has 0 unspecified atom stereocenters. The fourth-order valence-electron chi connectivity index (χ4n) is 2.08. The van der Waals surface area contributed by atoms with E-state index in [0.717, 1.165) is 16.8 Å². The Bertz CT molecular complexity index is 725. The first kappa shape index (κ1) is 18.4. The fraction of sp³-hybridized carbons (Fsp3) is 0.278. The predicted molar refractivity (Wildman–Crippen MR) is 93.5 cm³/mol. The van der Waals surface area contributed by atoms with Gasteiger partial charge in [0, 0.05) is 17.3 Å². The number of hydrazone groups is 1. The van der Waals surface area contributed by atoms with Crippen LogP contribution in [0.4, 0.5) is 0 Å². The van der Waals surface area contributed by atoms with Crippen molar-refractivity contribution >= 4 is 12.2 Å². The van der Waals surface area contributed by atoms with Gasteiger partial charge in [0.25, 0.3) is 0 Å². The minimum absolute atomic E-state index is 0.226. The summed E-state index contributed by atoms with van der Waals surface area (Å²) in [5.74, 6) is 0.354. The van der Waals surface area contributed by atoms with Crippen LogP contribution in [0, 0.1) is 5.41 Å². The second kappa shape index (κ2) is 8.25. The average Bonchev–Trinajstić information content (AvgIpc) is 2.65. The molecular weight excluding hydrogens is 322 g/mol. The first-order valence-electron chi connectivity index (χ1n) is 7.66. The number of carbonyl (C=O) groups is 1. The number of ether oxygens (including phenoxy) is 2. The van der Waals surface area contributed by atoms with Gasteiger partial charge in [0.2, 0.25) is 0 Å². The Labute approximate surface area is 146 Å². The van der Waals surface area contributed by atoms with Crippen LogP contribution in [0.15, 0.2) is 47.7 Å². The van der Waals surface area contributed by atoms with Crippen molar-refractivity contribution in [2.75, 3.05) is 13.7 Å². The average molecular weight is 343 g/mol. The van der Waals surface area contributed by atoms with E-state index in [4.69, 9.17) is 14.7 Å². The largest absolute Gasteiger partial charge is 0.492 e. The summed E-state index contributed by atoms with van der Waals surface area (Å²) < 4.78 is 10.4. The second-order valence-electron chi connectivity index (χ2n) is 6.02. The Balaban J connectivity index is 2.02. The molecule has 7 heteroatoms. The number of pyridine rings is 1. The van der Waals surface area contributed by atoms with Crippen LogP contribution in [0.3, 0.4) is 0 Å². The van der Waals surface area contributed by atoms with Crippen LogP contribution in [0.1, 0.15) is 19.4 Å². The van der Waals surface area contributed by atoms with Crippen molar-refractivity contribution in [2.24, 2.45) is 10.5 Å². The van der Waals surface area contributed by atoms with Gasteiger partial charge in [-0.15, -0.1) is 0 Å². The molecule has 7 nitrogen and oxygen atoms in total. The lowest BCUT2D eigenvalue weighted by Gasteiger charge is -2.21. The summed E-state index contributed by atoms with van der Waals surface area (Å²) in [5, 5.41) is 11.9. The fourth-order valence-corrected chi connectivity index (χ4v) is 2.08. The van der Waals surface area contributed by atoms with Crippen molar-refractivity contribution in [3.8, 4) is 17.0 Å². The lowest BCUT2D eigenvalue weighted by Crippen LogP contribution is -2.32. The van der Waals surface area contributed by atoms with Crippen LogP contribution >= 0.6 is 0 Å². The van der Waals surface area contributed by atoms with Crippen molar-refractivity contribution < 1.29 is 19.5 Å². The molecule has 0 radical (unpaired) electrons. The van der Waals surface area contributed by atoms with Crippen molar-refractivity contribution in [1.29, 1.82) is 0 Å². The minimum atomic E-state index is -0.713. The van der Waals surface area contributed by atoms with Crippen LogP contribution in [-0.2, 0) is 9.53 Å². The predicted octanol–water partition coefficient (Wildman–Crippen LogP) is 2.64. The number of methoxy groups -OCH3 is 1. The van der Waals surface area contributed by atoms with Gasteiger partial charge in [-0.3, -0.25) is 15.0 Å². The summed E-state index contributed by atoms with van der Waals surface area (Å²) in [6.45, 7) is 3.77. The molecule has 0 amide bonds. The van der Waals surface area contributed by atoms with Gasteiger partial charge in [0.15, 0.2) is 0 Å². The van der Waals surface area contributed by atoms with Crippen molar-refractivity contribution in [1.82, 2.24) is 10.6 Å². The van der Waals surface area contributed by atoms with Gasteiger partial charge in [0.05, 0.1) is 24.4 Å². The Morgan fingerprint density at radius 2 is 2.00 bits per heavy atom. The normalized spacial score (nSPS) is 11.4. The van der Waals surface area contributed by atoms with E-state index in [-0.39, 0.29) is 12.6 Å². The SMILES string of the molecule is COC(=O)C(C)(C)COc1ccc(-c2ccc(C=NNO)cn2)cc1. The lowest BCUT2D eigenvalue weighted by atomic mass is 9.95. The highest BCUT2D eigenvalue weighted by atomic mass is 16.5. The van der Waals surface area contributed by atoms with Gasteiger partial charge in [-0.25, -0.2) is 0 Å². The van der Waals surface area contributed by atoms with E-state index in [1.807, 2.05) is 36.4 Å². The summed E-state index contributed by atoms with van der Waals surface area (Å²) in [4.78, 5) is 16.0. The minimum Gasteiger partial charge on any atom is -0.492 e. The quantitative estimate of drug-likeness (QED) is 0.456. The molecular formula is C18H21N3O4. The molecule has 0 fully saturated rings. The van der Waals surface area contributed by atoms with E-state index in [9.17, 15) is 4.79 Å². The molecule has 1 aromatic carbocycles. The van der Waals surface area contributed by atoms with Crippen molar-refractivity contribution in [3.63, 3.8) is 0 Å². The highest BCUT2D eigenvalue weighted by Gasteiger charge is 2.29. The van der Waals surface area contributed by atoms with E-state index in [2.05, 4.69) is 10.1 Å². The van der Waals surface area contributed by atoms with Gasteiger partial charge in [-0.05, 0) is 50.2 Å². The Hall–Kier alpha value is -2.93. The number of nitrogens with zero attached hydrogens (tertiary/aromatic N) is 2. The molecule has 2 aromatic rings. The summed E-state index contributed by atoms with van der Waals surface area (Å²) >= 11 is 0. The zero-order valence-corrected chi connectivity index (χ0v) is 14.4. The lowest BCUT2D eigenvalue weighted by molar-refractivity contribution is -0.152. The van der Waals surface area contributed by atoms with Crippen LogP contribution in [-0.4, -0.2) is 36.1 Å². The molecule has 0 atom stereocenters. The summed E-state index contributed by atoms with van der Waals surface area (Å²) in [5.41, 5.74) is 3.48. The third-order valence-electron chi connectivity index (χ3n) is 3.55. The van der Waals surface area contributed by atoms with Crippen molar-refractivity contribution in [2.45, 2.75) is 13.8 Å². The standard InChI is InChI=1S/C18H21N3O4/c1-18(2,17(22)24-3)12-25-15-7-5-14(6-8-15)16-9-4-13(10-19-16)11-20-21-23/h4-11,21,23H,12H2,1-3H3. The van der Waals surface area contributed by atoms with E-state index in [1.54, 1.807) is 25.6 Å². The molecule has 0 spiro atoms. The number of nitrogens with one attached hydrogen (secondary N) is 1. The maximum absolute atomic E-state index is 11.6. The first-order valence-corrected chi connectivity index (χ1v) is 7.66. The van der Waals surface area contributed by atoms with E-state index in [0.29, 0.717) is 5.75 Å². The van der Waals surface area contributed by atoms with Gasteiger partial charge in [-0.2, -0.15) is 10.7 Å². The smallest absolute Gasteiger partial charge is 0.314 e. The Morgan fingerprint density at radius 1 is 1.28 bits per heavy atom. The number of benzene rings is 1. The highest BCUT2D eigenvalue weighted by molar-refractivity contribution is 5.79. The number of rotatable bonds is 7. The molecule has 0 bridgehead atoms. The number of carbonyl (C=O) groups excluding carboxylic acids is 1. The summed E-state index contributed by atoms with van der Waals surface area (Å²) in [6, 6.07) is 11.1. The molecule has 0 saturated heterocycles. The number of aromatic nitrogens is 1. The van der Waals surface area contributed by atoms with E-state index in [1.165, 1.54) is 13.3 Å². The van der Waals surface area contributed by atoms with Crippen molar-refractivity contribution in [3.05, 3.63) is 48.2 Å². The zero-order chi connectivity index (χ0) is 18.3. The van der Waals surface area contributed by atoms with Crippen LogP contribution in [0.25, 0.3) is 11.3 Å². The van der Waals surface area contributed by atoms with Gasteiger partial charge >= 0.3 is 5.97 Å².